The number of carboxylic acids is 2. The molecule has 1 atom stereocenters. The summed E-state index contributed by atoms with van der Waals surface area (Å²) >= 11 is 0. The van der Waals surface area contributed by atoms with Crippen LogP contribution in [-0.4, -0.2) is 33.9 Å². The monoisotopic (exact) mass is 276 g/mol. The molecule has 0 aromatic carbocycles. The standard InChI is InChI=1S/C13H24O6/c1-13(2,3)19-18-10(12(16)17)8-6-4-5-7-9-11(14)15/h10H,4-9H2,1-3H3,(H,14,15)(H,16,17). The first-order valence-corrected chi connectivity index (χ1v) is 6.51. The van der Waals surface area contributed by atoms with Crippen LogP contribution in [0.15, 0.2) is 0 Å². The summed E-state index contributed by atoms with van der Waals surface area (Å²) < 4.78 is 0. The fraction of sp³-hybridized carbons (Fsp3) is 0.846. The third-order valence-corrected chi connectivity index (χ3v) is 2.30. The summed E-state index contributed by atoms with van der Waals surface area (Å²) in [5, 5.41) is 17.4. The molecule has 0 aliphatic heterocycles. The maximum absolute atomic E-state index is 10.9. The van der Waals surface area contributed by atoms with Gasteiger partial charge in [-0.25, -0.2) is 14.6 Å². The predicted molar refractivity (Wildman–Crippen MR) is 68.7 cm³/mol. The number of rotatable bonds is 10. The molecule has 1 unspecified atom stereocenters. The Balaban J connectivity index is 3.77. The fourth-order valence-corrected chi connectivity index (χ4v) is 1.37. The molecule has 0 bridgehead atoms. The number of hydrogen-bond acceptors (Lipinski definition) is 4. The van der Waals surface area contributed by atoms with Gasteiger partial charge in [-0.2, -0.15) is 0 Å². The first-order chi connectivity index (χ1) is 8.72. The van der Waals surface area contributed by atoms with Crippen molar-refractivity contribution in [3.05, 3.63) is 0 Å². The van der Waals surface area contributed by atoms with Gasteiger partial charge in [0.25, 0.3) is 0 Å². The Bertz CT molecular complexity index is 281. The third-order valence-electron chi connectivity index (χ3n) is 2.30. The minimum atomic E-state index is -1.05. The Morgan fingerprint density at radius 3 is 2.11 bits per heavy atom. The molecule has 0 aromatic heterocycles. The minimum Gasteiger partial charge on any atom is -0.481 e. The number of carbonyl (C=O) groups is 2. The van der Waals surface area contributed by atoms with Crippen LogP contribution in [0.4, 0.5) is 0 Å². The van der Waals surface area contributed by atoms with Crippen molar-refractivity contribution in [2.45, 2.75) is 71.0 Å². The first kappa shape index (κ1) is 17.9. The molecule has 19 heavy (non-hydrogen) atoms. The van der Waals surface area contributed by atoms with Crippen molar-refractivity contribution >= 4 is 11.9 Å². The van der Waals surface area contributed by atoms with Gasteiger partial charge >= 0.3 is 11.9 Å². The van der Waals surface area contributed by atoms with Gasteiger partial charge in [-0.1, -0.05) is 19.3 Å². The zero-order valence-electron chi connectivity index (χ0n) is 11.8. The number of hydrogen-bond donors (Lipinski definition) is 2. The van der Waals surface area contributed by atoms with Gasteiger partial charge in [0.05, 0.1) is 5.60 Å². The van der Waals surface area contributed by atoms with E-state index in [4.69, 9.17) is 20.0 Å². The van der Waals surface area contributed by atoms with Crippen molar-refractivity contribution in [2.24, 2.45) is 0 Å². The van der Waals surface area contributed by atoms with Gasteiger partial charge in [0.2, 0.25) is 0 Å². The summed E-state index contributed by atoms with van der Waals surface area (Å²) in [6, 6.07) is 0. The van der Waals surface area contributed by atoms with Crippen LogP contribution in [-0.2, 0) is 19.4 Å². The molecule has 2 N–H and O–H groups in total. The summed E-state index contributed by atoms with van der Waals surface area (Å²) in [7, 11) is 0. The molecule has 0 spiro atoms. The Kier molecular flexibility index (Phi) is 8.34. The van der Waals surface area contributed by atoms with Gasteiger partial charge < -0.3 is 10.2 Å². The largest absolute Gasteiger partial charge is 0.481 e. The lowest BCUT2D eigenvalue weighted by Gasteiger charge is -2.21. The maximum Gasteiger partial charge on any atom is 0.336 e. The van der Waals surface area contributed by atoms with Gasteiger partial charge in [-0.05, 0) is 33.6 Å². The van der Waals surface area contributed by atoms with Crippen LogP contribution in [0.25, 0.3) is 0 Å². The zero-order valence-corrected chi connectivity index (χ0v) is 11.8. The van der Waals surface area contributed by atoms with Crippen LogP contribution in [0.1, 0.15) is 59.3 Å². The SMILES string of the molecule is CC(C)(C)OOC(CCCCCCC(=O)O)C(=O)O. The molecular formula is C13H24O6. The van der Waals surface area contributed by atoms with Gasteiger partial charge in [0, 0.05) is 6.42 Å². The summed E-state index contributed by atoms with van der Waals surface area (Å²) in [5.74, 6) is -1.85. The van der Waals surface area contributed by atoms with Crippen LogP contribution in [0.3, 0.4) is 0 Å². The number of carboxylic acid groups (broad SMARTS) is 2. The molecule has 0 radical (unpaired) electrons. The molecule has 0 rings (SSSR count). The molecule has 112 valence electrons. The molecule has 0 aliphatic carbocycles. The van der Waals surface area contributed by atoms with Gasteiger partial charge in [-0.15, -0.1) is 0 Å². The second-order valence-electron chi connectivity index (χ2n) is 5.47. The highest BCUT2D eigenvalue weighted by molar-refractivity contribution is 5.72. The average molecular weight is 276 g/mol. The Morgan fingerprint density at radius 2 is 1.63 bits per heavy atom. The lowest BCUT2D eigenvalue weighted by atomic mass is 10.1. The van der Waals surface area contributed by atoms with Crippen molar-refractivity contribution in [2.75, 3.05) is 0 Å². The molecule has 0 saturated heterocycles. The molecular weight excluding hydrogens is 252 g/mol. The van der Waals surface area contributed by atoms with E-state index in [0.29, 0.717) is 19.3 Å². The highest BCUT2D eigenvalue weighted by atomic mass is 17.2. The van der Waals surface area contributed by atoms with Crippen molar-refractivity contribution in [3.8, 4) is 0 Å². The molecule has 0 aliphatic rings. The quantitative estimate of drug-likeness (QED) is 0.362. The van der Waals surface area contributed by atoms with E-state index in [9.17, 15) is 9.59 Å². The van der Waals surface area contributed by atoms with Crippen LogP contribution < -0.4 is 0 Å². The lowest BCUT2D eigenvalue weighted by molar-refractivity contribution is -0.368. The summed E-state index contributed by atoms with van der Waals surface area (Å²) in [6.07, 6.45) is 2.40. The molecule has 0 fully saturated rings. The zero-order chi connectivity index (χ0) is 14.9. The van der Waals surface area contributed by atoms with E-state index >= 15 is 0 Å². The number of aliphatic carboxylic acids is 2. The lowest BCUT2D eigenvalue weighted by Crippen LogP contribution is -2.29. The predicted octanol–water partition coefficient (Wildman–Crippen LogP) is 2.61. The minimum absolute atomic E-state index is 0.159. The summed E-state index contributed by atoms with van der Waals surface area (Å²) in [5.41, 5.74) is -0.546. The molecule has 0 heterocycles. The van der Waals surface area contributed by atoms with Crippen LogP contribution in [0, 0.1) is 0 Å². The fourth-order valence-electron chi connectivity index (χ4n) is 1.37. The van der Waals surface area contributed by atoms with E-state index < -0.39 is 23.6 Å². The van der Waals surface area contributed by atoms with Crippen molar-refractivity contribution in [1.29, 1.82) is 0 Å². The highest BCUT2D eigenvalue weighted by Crippen LogP contribution is 2.14. The second-order valence-corrected chi connectivity index (χ2v) is 5.47. The van der Waals surface area contributed by atoms with Crippen molar-refractivity contribution in [3.63, 3.8) is 0 Å². The highest BCUT2D eigenvalue weighted by Gasteiger charge is 2.22. The van der Waals surface area contributed by atoms with E-state index in [1.54, 1.807) is 20.8 Å². The molecule has 0 amide bonds. The topological polar surface area (TPSA) is 93.1 Å². The molecule has 0 saturated carbocycles. The Hall–Kier alpha value is -1.14. The summed E-state index contributed by atoms with van der Waals surface area (Å²) in [4.78, 5) is 31.2. The van der Waals surface area contributed by atoms with Gasteiger partial charge in [-0.3, -0.25) is 4.79 Å². The average Bonchev–Trinajstić information content (AvgIpc) is 2.24. The first-order valence-electron chi connectivity index (χ1n) is 6.51. The summed E-state index contributed by atoms with van der Waals surface area (Å²) in [6.45, 7) is 5.33. The second kappa shape index (κ2) is 8.87. The Labute approximate surface area is 113 Å². The van der Waals surface area contributed by atoms with E-state index in [1.807, 2.05) is 0 Å². The smallest absolute Gasteiger partial charge is 0.336 e. The maximum atomic E-state index is 10.9. The molecule has 6 heteroatoms. The van der Waals surface area contributed by atoms with Crippen LogP contribution >= 0.6 is 0 Å². The normalized spacial score (nSPS) is 13.2. The van der Waals surface area contributed by atoms with E-state index in [-0.39, 0.29) is 6.42 Å². The van der Waals surface area contributed by atoms with Crippen LogP contribution in [0.2, 0.25) is 0 Å². The molecule has 6 nitrogen and oxygen atoms in total. The van der Waals surface area contributed by atoms with E-state index in [0.717, 1.165) is 12.8 Å². The van der Waals surface area contributed by atoms with E-state index in [2.05, 4.69) is 0 Å². The number of unbranched alkanes of at least 4 members (excludes halogenated alkanes) is 3. The van der Waals surface area contributed by atoms with Crippen LogP contribution in [0.5, 0.6) is 0 Å². The van der Waals surface area contributed by atoms with Crippen molar-refractivity contribution < 1.29 is 29.6 Å². The van der Waals surface area contributed by atoms with Gasteiger partial charge in [0.15, 0.2) is 6.10 Å². The van der Waals surface area contributed by atoms with E-state index in [1.165, 1.54) is 0 Å². The van der Waals surface area contributed by atoms with Gasteiger partial charge in [0.1, 0.15) is 0 Å². The Morgan fingerprint density at radius 1 is 1.05 bits per heavy atom. The third kappa shape index (κ3) is 11.7. The molecule has 0 aromatic rings. The van der Waals surface area contributed by atoms with Crippen molar-refractivity contribution in [1.82, 2.24) is 0 Å².